The van der Waals surface area contributed by atoms with Gasteiger partial charge < -0.3 is 36.8 Å². The average molecular weight is 623 g/mol. The second kappa shape index (κ2) is 12.1. The van der Waals surface area contributed by atoms with Crippen LogP contribution in [0.25, 0.3) is 0 Å². The number of urea groups is 1. The first-order chi connectivity index (χ1) is 19.8. The van der Waals surface area contributed by atoms with Crippen molar-refractivity contribution in [2.45, 2.75) is 18.6 Å². The van der Waals surface area contributed by atoms with Crippen molar-refractivity contribution in [1.82, 2.24) is 30.0 Å². The first kappa shape index (κ1) is 29.8. The van der Waals surface area contributed by atoms with Crippen LogP contribution in [0.5, 0.6) is 11.5 Å². The van der Waals surface area contributed by atoms with Gasteiger partial charge in [0.15, 0.2) is 22.3 Å². The highest BCUT2D eigenvalue weighted by Crippen LogP contribution is 2.24. The van der Waals surface area contributed by atoms with Gasteiger partial charge in [0.05, 0.1) is 24.5 Å². The topological polar surface area (TPSA) is 268 Å². The Bertz CT molecular complexity index is 1710. The number of aromatic hydroxyl groups is 1. The predicted octanol–water partition coefficient (Wildman–Crippen LogP) is -1.39. The van der Waals surface area contributed by atoms with Crippen molar-refractivity contribution < 1.29 is 42.5 Å². The van der Waals surface area contributed by atoms with Crippen LogP contribution in [-0.2, 0) is 26.4 Å². The molecule has 8 N–H and O–H groups in total. The van der Waals surface area contributed by atoms with Gasteiger partial charge in [-0.1, -0.05) is 23.4 Å². The number of β-lactam (4-membered cyclic amide) rings is 1. The SMILES string of the molecule is Nc1nc(/C(=N/Oc2ccccc2)C(=O)N[C@@H]2C(=O)N(S(=O)(=O)O)[C@@H]2CNC(=O)NCc2cc(=O)c(O)cn2O)cs1. The molecule has 0 bridgehead atoms. The van der Waals surface area contributed by atoms with Gasteiger partial charge in [-0.3, -0.25) is 18.9 Å². The number of nitrogens with zero attached hydrogens (tertiary/aromatic N) is 4. The van der Waals surface area contributed by atoms with Gasteiger partial charge in [-0.25, -0.2) is 14.1 Å². The van der Waals surface area contributed by atoms with Crippen LogP contribution < -0.4 is 32.0 Å². The van der Waals surface area contributed by atoms with Gasteiger partial charge >= 0.3 is 16.3 Å². The fraction of sp³-hybridized carbons (Fsp3) is 0.182. The molecule has 1 aromatic carbocycles. The fourth-order valence-corrected chi connectivity index (χ4v) is 5.10. The van der Waals surface area contributed by atoms with Crippen molar-refractivity contribution in [2.24, 2.45) is 5.16 Å². The van der Waals surface area contributed by atoms with Crippen molar-refractivity contribution in [3.8, 4) is 11.5 Å². The van der Waals surface area contributed by atoms with Crippen LogP contribution in [-0.4, -0.2) is 79.5 Å². The number of pyridine rings is 1. The molecule has 3 heterocycles. The molecule has 2 aromatic heterocycles. The van der Waals surface area contributed by atoms with Gasteiger partial charge in [0.2, 0.25) is 5.43 Å². The molecular weight excluding hydrogens is 600 g/mol. The van der Waals surface area contributed by atoms with E-state index in [4.69, 9.17) is 10.6 Å². The van der Waals surface area contributed by atoms with Gasteiger partial charge in [0, 0.05) is 18.0 Å². The highest BCUT2D eigenvalue weighted by molar-refractivity contribution is 7.84. The number of carbonyl (C=O) groups excluding carboxylic acids is 3. The number of oxime groups is 1. The lowest BCUT2D eigenvalue weighted by Gasteiger charge is -2.44. The van der Waals surface area contributed by atoms with E-state index in [1.54, 1.807) is 30.3 Å². The Morgan fingerprint density at radius 2 is 1.90 bits per heavy atom. The minimum Gasteiger partial charge on any atom is -0.503 e. The summed E-state index contributed by atoms with van der Waals surface area (Å²) in [5.74, 6) is -2.67. The number of amides is 4. The van der Waals surface area contributed by atoms with E-state index in [1.807, 2.05) is 0 Å². The number of anilines is 1. The Morgan fingerprint density at radius 1 is 1.19 bits per heavy atom. The first-order valence-electron chi connectivity index (χ1n) is 11.6. The number of hydrogen-bond donors (Lipinski definition) is 7. The summed E-state index contributed by atoms with van der Waals surface area (Å²) in [4.78, 5) is 58.9. The molecule has 4 rings (SSSR count). The van der Waals surface area contributed by atoms with E-state index in [0.29, 0.717) is 4.73 Å². The molecule has 3 aromatic rings. The molecule has 20 heteroatoms. The Kier molecular flexibility index (Phi) is 8.59. The standard InChI is InChI=1S/C22H22N8O10S2/c23-21-26-13(10-41-21)17(28-40-12-4-2-1-3-5-12)19(33)27-18-14(30(20(18)34)42(37,38)39)8-25-22(35)24-7-11-6-15(31)16(32)9-29(11)36/h1-6,9-10,14,18,32,36H,7-8H2,(H2,23,26)(H,27,33)(H2,24,25,35)(H,37,38,39)/b28-17-/t14-,18+/m1/s1. The molecule has 2 atom stereocenters. The smallest absolute Gasteiger partial charge is 0.362 e. The lowest BCUT2D eigenvalue weighted by molar-refractivity contribution is -0.144. The van der Waals surface area contributed by atoms with Crippen LogP contribution >= 0.6 is 11.3 Å². The molecule has 0 aliphatic carbocycles. The normalized spacial score (nSPS) is 16.8. The number of hydrogen-bond acceptors (Lipinski definition) is 13. The Morgan fingerprint density at radius 3 is 2.55 bits per heavy atom. The monoisotopic (exact) mass is 622 g/mol. The fourth-order valence-electron chi connectivity index (χ4n) is 3.67. The molecule has 0 radical (unpaired) electrons. The van der Waals surface area contributed by atoms with Gasteiger partial charge in [0.1, 0.15) is 11.7 Å². The molecule has 1 aliphatic rings. The van der Waals surface area contributed by atoms with Gasteiger partial charge in [-0.05, 0) is 12.1 Å². The zero-order valence-corrected chi connectivity index (χ0v) is 22.7. The summed E-state index contributed by atoms with van der Waals surface area (Å²) in [7, 11) is -5.08. The van der Waals surface area contributed by atoms with Crippen LogP contribution in [0.2, 0.25) is 0 Å². The molecule has 0 spiro atoms. The van der Waals surface area contributed by atoms with Crippen molar-refractivity contribution in [2.75, 3.05) is 12.3 Å². The van der Waals surface area contributed by atoms with E-state index in [1.165, 1.54) is 5.38 Å². The van der Waals surface area contributed by atoms with Gasteiger partial charge in [0.25, 0.3) is 11.8 Å². The predicted molar refractivity (Wildman–Crippen MR) is 144 cm³/mol. The number of carbonyl (C=O) groups is 3. The molecule has 222 valence electrons. The van der Waals surface area contributed by atoms with Crippen LogP contribution in [0.15, 0.2) is 57.9 Å². The summed E-state index contributed by atoms with van der Waals surface area (Å²) >= 11 is 0.993. The summed E-state index contributed by atoms with van der Waals surface area (Å²) in [5, 5.41) is 31.2. The van der Waals surface area contributed by atoms with Crippen LogP contribution in [0, 0.1) is 0 Å². The maximum Gasteiger partial charge on any atom is 0.362 e. The highest BCUT2D eigenvalue weighted by atomic mass is 32.2. The van der Waals surface area contributed by atoms with Crippen LogP contribution in [0.3, 0.4) is 0 Å². The molecule has 18 nitrogen and oxygen atoms in total. The van der Waals surface area contributed by atoms with E-state index < -0.39 is 70.2 Å². The average Bonchev–Trinajstić information content (AvgIpc) is 3.36. The third-order valence-electron chi connectivity index (χ3n) is 5.66. The third-order valence-corrected chi connectivity index (χ3v) is 7.28. The molecule has 1 aliphatic heterocycles. The number of nitrogens with two attached hydrogens (primary N) is 1. The molecule has 1 saturated heterocycles. The summed E-state index contributed by atoms with van der Waals surface area (Å²) in [5.41, 5.74) is 4.33. The second-order valence-corrected chi connectivity index (χ2v) is 10.6. The highest BCUT2D eigenvalue weighted by Gasteiger charge is 2.54. The quantitative estimate of drug-likeness (QED) is 0.0453. The van der Waals surface area contributed by atoms with Crippen molar-refractivity contribution in [3.05, 3.63) is 69.6 Å². The number of nitrogen functional groups attached to an aromatic ring is 1. The van der Waals surface area contributed by atoms with Gasteiger partial charge in [-0.15, -0.1) is 11.3 Å². The van der Waals surface area contributed by atoms with E-state index >= 15 is 0 Å². The molecule has 1 fully saturated rings. The zero-order valence-electron chi connectivity index (χ0n) is 21.1. The maximum absolute atomic E-state index is 13.2. The number of para-hydroxylation sites is 1. The lowest BCUT2D eigenvalue weighted by atomic mass is 9.98. The van der Waals surface area contributed by atoms with Crippen LogP contribution in [0.1, 0.15) is 11.4 Å². The molecule has 4 amide bonds. The summed E-state index contributed by atoms with van der Waals surface area (Å²) in [6, 6.07) is 5.06. The zero-order chi connectivity index (χ0) is 30.6. The van der Waals surface area contributed by atoms with E-state index in [9.17, 15) is 42.5 Å². The Labute approximate surface area is 239 Å². The minimum atomic E-state index is -5.08. The first-order valence-corrected chi connectivity index (χ1v) is 13.9. The van der Waals surface area contributed by atoms with Crippen LogP contribution in [0.4, 0.5) is 9.93 Å². The maximum atomic E-state index is 13.2. The molecule has 42 heavy (non-hydrogen) atoms. The summed E-state index contributed by atoms with van der Waals surface area (Å²) in [6.07, 6.45) is 0.719. The Hall–Kier alpha value is -5.21. The minimum absolute atomic E-state index is 0.00465. The second-order valence-electron chi connectivity index (χ2n) is 8.47. The van der Waals surface area contributed by atoms with E-state index in [0.717, 1.165) is 23.6 Å². The van der Waals surface area contributed by atoms with Crippen molar-refractivity contribution >= 4 is 50.3 Å². The Balaban J connectivity index is 1.46. The largest absolute Gasteiger partial charge is 0.503 e. The number of rotatable bonds is 10. The number of aromatic nitrogens is 2. The summed E-state index contributed by atoms with van der Waals surface area (Å²) in [6.45, 7) is -0.984. The van der Waals surface area contributed by atoms with Crippen molar-refractivity contribution in [3.63, 3.8) is 0 Å². The summed E-state index contributed by atoms with van der Waals surface area (Å²) < 4.78 is 33.6. The molecular formula is C22H22N8O10S2. The lowest BCUT2D eigenvalue weighted by Crippen LogP contribution is -2.74. The van der Waals surface area contributed by atoms with Crippen molar-refractivity contribution in [1.29, 1.82) is 0 Å². The molecule has 0 unspecified atom stereocenters. The van der Waals surface area contributed by atoms with E-state index in [-0.39, 0.29) is 26.6 Å². The van der Waals surface area contributed by atoms with E-state index in [2.05, 4.69) is 26.1 Å². The van der Waals surface area contributed by atoms with Gasteiger partial charge in [-0.2, -0.15) is 13.1 Å². The number of nitrogens with one attached hydrogen (secondary N) is 3. The number of benzene rings is 1. The third kappa shape index (κ3) is 6.74. The number of thiazole rings is 1. The molecule has 0 saturated carbocycles.